The Morgan fingerprint density at radius 2 is 1.29 bits per heavy atom. The zero-order valence-electron chi connectivity index (χ0n) is 17.5. The number of aromatic nitrogens is 3. The summed E-state index contributed by atoms with van der Waals surface area (Å²) in [7, 11) is 0. The molecule has 0 spiro atoms. The fourth-order valence-corrected chi connectivity index (χ4v) is 3.01. The summed E-state index contributed by atoms with van der Waals surface area (Å²) in [5, 5.41) is 48.6. The lowest BCUT2D eigenvalue weighted by Gasteiger charge is -2.06. The van der Waals surface area contributed by atoms with Gasteiger partial charge < -0.3 is 5.11 Å². The van der Waals surface area contributed by atoms with E-state index in [1.807, 2.05) is 60.1 Å². The largest absolute Gasteiger partial charge is 0.497 e. The topological polar surface area (TPSA) is 180 Å². The molecule has 4 aromatic rings. The third kappa shape index (κ3) is 4.99. The predicted molar refractivity (Wildman–Crippen MR) is 120 cm³/mol. The number of para-hydroxylation sites is 1. The van der Waals surface area contributed by atoms with E-state index >= 15 is 0 Å². The molecule has 0 saturated carbocycles. The molecule has 0 atom stereocenters. The molecule has 1 aromatic heterocycles. The zero-order valence-corrected chi connectivity index (χ0v) is 17.5. The molecule has 3 aromatic carbocycles. The van der Waals surface area contributed by atoms with Crippen LogP contribution in [0.3, 0.4) is 0 Å². The molecule has 0 fully saturated rings. The Morgan fingerprint density at radius 1 is 0.794 bits per heavy atom. The van der Waals surface area contributed by atoms with Gasteiger partial charge in [0.1, 0.15) is 0 Å². The molecule has 34 heavy (non-hydrogen) atoms. The number of hydrogen-bond donors (Lipinski definition) is 1. The number of nitro groups is 3. The van der Waals surface area contributed by atoms with Gasteiger partial charge in [-0.3, -0.25) is 30.3 Å². The van der Waals surface area contributed by atoms with E-state index in [2.05, 4.69) is 22.4 Å². The second-order valence-electron chi connectivity index (χ2n) is 6.74. The number of rotatable bonds is 5. The molecular weight excluding hydrogens is 448 g/mol. The smallest absolute Gasteiger partial charge is 0.324 e. The first-order valence-corrected chi connectivity index (χ1v) is 9.54. The number of hydrogen-bond acceptors (Lipinski definition) is 9. The van der Waals surface area contributed by atoms with Crippen LogP contribution >= 0.6 is 0 Å². The van der Waals surface area contributed by atoms with Crippen molar-refractivity contribution in [2.24, 2.45) is 0 Å². The van der Waals surface area contributed by atoms with Gasteiger partial charge in [0, 0.05) is 5.56 Å². The Labute approximate surface area is 191 Å². The highest BCUT2D eigenvalue weighted by Gasteiger charge is 2.30. The summed E-state index contributed by atoms with van der Waals surface area (Å²) >= 11 is 0. The van der Waals surface area contributed by atoms with Crippen LogP contribution in [0.4, 0.5) is 17.1 Å². The van der Waals surface area contributed by atoms with Crippen LogP contribution in [0.5, 0.6) is 5.75 Å². The summed E-state index contributed by atoms with van der Waals surface area (Å²) in [5.74, 6) is -1.21. The van der Waals surface area contributed by atoms with E-state index in [1.54, 1.807) is 0 Å². The molecule has 0 unspecified atom stereocenters. The molecule has 1 N–H and O–H groups in total. The summed E-state index contributed by atoms with van der Waals surface area (Å²) in [6, 6.07) is 21.2. The van der Waals surface area contributed by atoms with Gasteiger partial charge in [-0.25, -0.2) is 4.68 Å². The van der Waals surface area contributed by atoms with E-state index in [-0.39, 0.29) is 0 Å². The number of nitrogens with zero attached hydrogens (tertiary/aromatic N) is 6. The molecule has 13 nitrogen and oxygen atoms in total. The van der Waals surface area contributed by atoms with Crippen LogP contribution in [-0.4, -0.2) is 34.9 Å². The van der Waals surface area contributed by atoms with Crippen LogP contribution in [0, 0.1) is 37.3 Å². The third-order valence-corrected chi connectivity index (χ3v) is 4.55. The molecule has 0 aliphatic rings. The van der Waals surface area contributed by atoms with Gasteiger partial charge in [-0.15, -0.1) is 5.10 Å². The maximum Gasteiger partial charge on any atom is 0.324 e. The lowest BCUT2D eigenvalue weighted by molar-refractivity contribution is -0.404. The Morgan fingerprint density at radius 3 is 1.76 bits per heavy atom. The minimum atomic E-state index is -1.21. The van der Waals surface area contributed by atoms with Crippen LogP contribution in [-0.2, 0) is 0 Å². The van der Waals surface area contributed by atoms with Gasteiger partial charge in [-0.2, -0.15) is 0 Å². The van der Waals surface area contributed by atoms with Gasteiger partial charge in [0.15, 0.2) is 0 Å². The third-order valence-electron chi connectivity index (χ3n) is 4.55. The predicted octanol–water partition coefficient (Wildman–Crippen LogP) is 4.36. The van der Waals surface area contributed by atoms with Crippen molar-refractivity contribution in [1.82, 2.24) is 15.0 Å². The standard InChI is InChI=1S/C15H13N3.C6H3N3O7/c1-12-15(13-8-4-2-5-9-13)18(17-16-12)14-10-6-3-7-11-14;10-6-4(8(13)14)1-3(7(11)12)2-5(6)9(15)16/h2-11H,1H3;1-2,10H. The summed E-state index contributed by atoms with van der Waals surface area (Å²) < 4.78 is 1.88. The lowest BCUT2D eigenvalue weighted by atomic mass is 10.1. The van der Waals surface area contributed by atoms with Crippen molar-refractivity contribution in [3.8, 4) is 22.7 Å². The van der Waals surface area contributed by atoms with Crippen LogP contribution in [0.2, 0.25) is 0 Å². The van der Waals surface area contributed by atoms with Gasteiger partial charge in [0.2, 0.25) is 0 Å². The molecule has 1 heterocycles. The van der Waals surface area contributed by atoms with Gasteiger partial charge in [0.25, 0.3) is 11.4 Å². The summed E-state index contributed by atoms with van der Waals surface area (Å²) in [6.07, 6.45) is 0. The highest BCUT2D eigenvalue weighted by molar-refractivity contribution is 5.65. The van der Waals surface area contributed by atoms with Gasteiger partial charge >= 0.3 is 11.4 Å². The van der Waals surface area contributed by atoms with Crippen LogP contribution in [0.25, 0.3) is 16.9 Å². The molecule has 0 bridgehead atoms. The fraction of sp³-hybridized carbons (Fsp3) is 0.0476. The first kappa shape index (κ1) is 23.5. The van der Waals surface area contributed by atoms with Crippen LogP contribution < -0.4 is 0 Å². The molecule has 0 aliphatic carbocycles. The van der Waals surface area contributed by atoms with E-state index in [1.165, 1.54) is 0 Å². The summed E-state index contributed by atoms with van der Waals surface area (Å²) in [5.41, 5.74) is 1.13. The quantitative estimate of drug-likeness (QED) is 0.331. The first-order chi connectivity index (χ1) is 16.2. The number of benzene rings is 3. The second kappa shape index (κ2) is 9.95. The van der Waals surface area contributed by atoms with E-state index in [9.17, 15) is 30.3 Å². The first-order valence-electron chi connectivity index (χ1n) is 9.54. The molecule has 13 heteroatoms. The van der Waals surface area contributed by atoms with E-state index < -0.39 is 37.6 Å². The zero-order chi connectivity index (χ0) is 24.8. The molecule has 4 rings (SSSR count). The highest BCUT2D eigenvalue weighted by Crippen LogP contribution is 2.39. The number of aryl methyl sites for hydroxylation is 1. The van der Waals surface area contributed by atoms with Crippen molar-refractivity contribution in [3.05, 3.63) is 109 Å². The average Bonchev–Trinajstić information content (AvgIpc) is 3.21. The van der Waals surface area contributed by atoms with Crippen molar-refractivity contribution in [2.45, 2.75) is 6.92 Å². The van der Waals surface area contributed by atoms with E-state index in [0.717, 1.165) is 22.6 Å². The number of nitro benzene ring substituents is 3. The van der Waals surface area contributed by atoms with Crippen LogP contribution in [0.15, 0.2) is 72.8 Å². The Bertz CT molecular complexity index is 1320. The average molecular weight is 464 g/mol. The lowest BCUT2D eigenvalue weighted by Crippen LogP contribution is -1.99. The van der Waals surface area contributed by atoms with E-state index in [4.69, 9.17) is 5.11 Å². The monoisotopic (exact) mass is 464 g/mol. The molecular formula is C21H16N6O7. The van der Waals surface area contributed by atoms with Crippen molar-refractivity contribution in [3.63, 3.8) is 0 Å². The Hall–Kier alpha value is -5.20. The molecule has 0 amide bonds. The highest BCUT2D eigenvalue weighted by atomic mass is 16.6. The second-order valence-corrected chi connectivity index (χ2v) is 6.74. The number of non-ortho nitro benzene ring substituents is 1. The minimum Gasteiger partial charge on any atom is -0.497 e. The normalized spacial score (nSPS) is 10.1. The van der Waals surface area contributed by atoms with Gasteiger partial charge in [-0.05, 0) is 19.1 Å². The Balaban J connectivity index is 0.000000192. The molecule has 0 radical (unpaired) electrons. The minimum absolute atomic E-state index is 0.447. The molecule has 0 saturated heterocycles. The fourth-order valence-electron chi connectivity index (χ4n) is 3.01. The van der Waals surface area contributed by atoms with Crippen molar-refractivity contribution in [1.29, 1.82) is 0 Å². The van der Waals surface area contributed by atoms with Gasteiger partial charge in [0.05, 0.1) is 44.0 Å². The maximum absolute atomic E-state index is 10.4. The maximum atomic E-state index is 10.4. The van der Waals surface area contributed by atoms with E-state index in [0.29, 0.717) is 12.1 Å². The molecule has 172 valence electrons. The Kier molecular flexibility index (Phi) is 6.87. The SMILES string of the molecule is Cc1nnn(-c2ccccc2)c1-c1ccccc1.O=[N+]([O-])c1cc([N+](=O)[O-])c(O)c([N+](=O)[O-])c1. The number of phenols is 1. The van der Waals surface area contributed by atoms with Crippen molar-refractivity contribution < 1.29 is 19.9 Å². The number of phenolic OH excluding ortho intramolecular Hbond substituents is 1. The summed E-state index contributed by atoms with van der Waals surface area (Å²) in [6.45, 7) is 1.98. The van der Waals surface area contributed by atoms with Crippen LogP contribution in [0.1, 0.15) is 5.69 Å². The van der Waals surface area contributed by atoms with Crippen molar-refractivity contribution >= 4 is 17.1 Å². The molecule has 0 aliphatic heterocycles. The number of aromatic hydroxyl groups is 1. The van der Waals surface area contributed by atoms with Crippen molar-refractivity contribution in [2.75, 3.05) is 0 Å². The van der Waals surface area contributed by atoms with Gasteiger partial charge in [-0.1, -0.05) is 53.7 Å². The summed E-state index contributed by atoms with van der Waals surface area (Å²) in [4.78, 5) is 27.8.